The monoisotopic (exact) mass is 349 g/mol. The Hall–Kier alpha value is -1.57. The van der Waals surface area contributed by atoms with Crippen LogP contribution in [-0.4, -0.2) is 10.8 Å². The van der Waals surface area contributed by atoms with Crippen LogP contribution in [0.25, 0.3) is 10.9 Å². The van der Waals surface area contributed by atoms with Gasteiger partial charge in [-0.2, -0.15) is 0 Å². The van der Waals surface area contributed by atoms with Crippen molar-refractivity contribution in [2.45, 2.75) is 77.6 Å². The van der Waals surface area contributed by atoms with E-state index in [1.807, 2.05) is 0 Å². The number of aromatic nitrogens is 1. The molecule has 1 heterocycles. The highest BCUT2D eigenvalue weighted by atomic mass is 16.1. The number of ketones is 1. The smallest absolute Gasteiger partial charge is 0.138 e. The lowest BCUT2D eigenvalue weighted by atomic mass is 9.49. The van der Waals surface area contributed by atoms with Gasteiger partial charge in [0.2, 0.25) is 0 Å². The Morgan fingerprint density at radius 1 is 1.08 bits per heavy atom. The van der Waals surface area contributed by atoms with Crippen LogP contribution in [-0.2, 0) is 15.6 Å². The molecule has 0 unspecified atom stereocenters. The second kappa shape index (κ2) is 4.64. The Morgan fingerprint density at radius 3 is 2.54 bits per heavy atom. The van der Waals surface area contributed by atoms with Gasteiger partial charge in [-0.1, -0.05) is 53.7 Å². The van der Waals surface area contributed by atoms with Gasteiger partial charge in [-0.05, 0) is 46.8 Å². The molecule has 0 bridgehead atoms. The van der Waals surface area contributed by atoms with E-state index < -0.39 is 0 Å². The second-order valence-corrected chi connectivity index (χ2v) is 11.0. The number of H-pyrrole nitrogens is 1. The Bertz CT molecular complexity index is 943. The first-order valence-electron chi connectivity index (χ1n) is 10.2. The summed E-state index contributed by atoms with van der Waals surface area (Å²) < 4.78 is 0. The lowest BCUT2D eigenvalue weighted by Gasteiger charge is -2.54. The van der Waals surface area contributed by atoms with Gasteiger partial charge in [-0.15, -0.1) is 0 Å². The molecule has 0 saturated heterocycles. The number of rotatable bonds is 0. The van der Waals surface area contributed by atoms with E-state index in [9.17, 15) is 4.79 Å². The maximum Gasteiger partial charge on any atom is 0.138 e. The number of Topliss-reactive ketones (excluding diaryl/α,β-unsaturated/α-hetero) is 1. The van der Waals surface area contributed by atoms with E-state index in [0.717, 1.165) is 6.42 Å². The Kier molecular flexibility index (Phi) is 2.96. The molecule has 1 N–H and O–H groups in total. The van der Waals surface area contributed by atoms with Crippen LogP contribution in [0.4, 0.5) is 0 Å². The van der Waals surface area contributed by atoms with Gasteiger partial charge in [0.1, 0.15) is 5.78 Å². The van der Waals surface area contributed by atoms with Gasteiger partial charge in [0, 0.05) is 40.3 Å². The average Bonchev–Trinajstić information content (AvgIpc) is 2.88. The molecular formula is C24H31NO. The predicted octanol–water partition coefficient (Wildman–Crippen LogP) is 5.85. The molecule has 1 aromatic carbocycles. The van der Waals surface area contributed by atoms with Gasteiger partial charge in [0.15, 0.2) is 0 Å². The van der Waals surface area contributed by atoms with E-state index in [-0.39, 0.29) is 22.2 Å². The van der Waals surface area contributed by atoms with Crippen molar-refractivity contribution in [2.24, 2.45) is 17.3 Å². The molecule has 26 heavy (non-hydrogen) atoms. The van der Waals surface area contributed by atoms with Gasteiger partial charge in [-0.3, -0.25) is 4.79 Å². The fourth-order valence-electron chi connectivity index (χ4n) is 6.91. The van der Waals surface area contributed by atoms with Crippen LogP contribution >= 0.6 is 0 Å². The van der Waals surface area contributed by atoms with E-state index in [1.54, 1.807) is 0 Å². The van der Waals surface area contributed by atoms with Gasteiger partial charge in [-0.25, -0.2) is 0 Å². The predicted molar refractivity (Wildman–Crippen MR) is 107 cm³/mol. The van der Waals surface area contributed by atoms with Crippen molar-refractivity contribution in [1.82, 2.24) is 4.98 Å². The summed E-state index contributed by atoms with van der Waals surface area (Å²) in [6.45, 7) is 14.0. The first kappa shape index (κ1) is 16.6. The summed E-state index contributed by atoms with van der Waals surface area (Å²) in [6, 6.07) is 6.77. The molecule has 1 saturated carbocycles. The van der Waals surface area contributed by atoms with E-state index in [4.69, 9.17) is 0 Å². The molecular weight excluding hydrogens is 318 g/mol. The summed E-state index contributed by atoms with van der Waals surface area (Å²) in [7, 11) is 0. The van der Waals surface area contributed by atoms with Crippen LogP contribution in [0, 0.1) is 17.3 Å². The highest BCUT2D eigenvalue weighted by Crippen LogP contribution is 2.64. The fraction of sp³-hybridized carbons (Fsp3) is 0.625. The summed E-state index contributed by atoms with van der Waals surface area (Å²) in [5.74, 6) is 1.55. The lowest BCUT2D eigenvalue weighted by molar-refractivity contribution is -0.131. The van der Waals surface area contributed by atoms with E-state index in [0.29, 0.717) is 24.0 Å². The van der Waals surface area contributed by atoms with Crippen LogP contribution in [0.1, 0.15) is 83.5 Å². The zero-order valence-corrected chi connectivity index (χ0v) is 17.0. The number of hydrogen-bond donors (Lipinski definition) is 1. The van der Waals surface area contributed by atoms with E-state index in [1.165, 1.54) is 34.1 Å². The summed E-state index contributed by atoms with van der Waals surface area (Å²) in [4.78, 5) is 17.3. The zero-order chi connectivity index (χ0) is 18.6. The van der Waals surface area contributed by atoms with E-state index >= 15 is 0 Å². The largest absolute Gasteiger partial charge is 0.358 e. The fourth-order valence-corrected chi connectivity index (χ4v) is 6.91. The molecule has 3 atom stereocenters. The molecule has 3 aliphatic rings. The van der Waals surface area contributed by atoms with Crippen LogP contribution in [0.2, 0.25) is 0 Å². The summed E-state index contributed by atoms with van der Waals surface area (Å²) in [6.07, 6.45) is 3.02. The van der Waals surface area contributed by atoms with Gasteiger partial charge in [0.05, 0.1) is 0 Å². The zero-order valence-electron chi connectivity index (χ0n) is 17.0. The lowest BCUT2D eigenvalue weighted by Crippen LogP contribution is -2.49. The first-order valence-corrected chi connectivity index (χ1v) is 10.2. The van der Waals surface area contributed by atoms with Crippen molar-refractivity contribution >= 4 is 16.7 Å². The highest BCUT2D eigenvalue weighted by Gasteiger charge is 2.58. The summed E-state index contributed by atoms with van der Waals surface area (Å²) >= 11 is 0. The number of carbonyl (C=O) groups is 1. The minimum atomic E-state index is -0.123. The average molecular weight is 350 g/mol. The van der Waals surface area contributed by atoms with Gasteiger partial charge >= 0.3 is 0 Å². The normalized spacial score (nSPS) is 33.2. The van der Waals surface area contributed by atoms with Crippen LogP contribution in [0.5, 0.6) is 0 Å². The van der Waals surface area contributed by atoms with Crippen molar-refractivity contribution in [1.29, 1.82) is 0 Å². The molecule has 1 fully saturated rings. The molecule has 2 aromatic rings. The molecule has 0 radical (unpaired) electrons. The minimum Gasteiger partial charge on any atom is -0.358 e. The van der Waals surface area contributed by atoms with Crippen LogP contribution in [0.15, 0.2) is 18.2 Å². The van der Waals surface area contributed by atoms with Crippen LogP contribution < -0.4 is 0 Å². The van der Waals surface area contributed by atoms with Gasteiger partial charge < -0.3 is 4.98 Å². The number of hydrogen-bond acceptors (Lipinski definition) is 1. The highest BCUT2D eigenvalue weighted by molar-refractivity contribution is 5.95. The van der Waals surface area contributed by atoms with Crippen molar-refractivity contribution in [3.63, 3.8) is 0 Å². The van der Waals surface area contributed by atoms with E-state index in [2.05, 4.69) is 64.7 Å². The summed E-state index contributed by atoms with van der Waals surface area (Å²) in [5.41, 5.74) is 5.65. The Morgan fingerprint density at radius 2 is 1.81 bits per heavy atom. The second-order valence-electron chi connectivity index (χ2n) is 11.0. The molecule has 2 nitrogen and oxygen atoms in total. The molecule has 138 valence electrons. The number of carbonyl (C=O) groups excluding carboxylic acids is 1. The third-order valence-corrected chi connectivity index (χ3v) is 8.19. The maximum absolute atomic E-state index is 13.5. The topological polar surface area (TPSA) is 32.9 Å². The molecule has 0 spiro atoms. The van der Waals surface area contributed by atoms with Crippen molar-refractivity contribution in [2.75, 3.05) is 0 Å². The molecule has 3 aliphatic carbocycles. The number of nitrogens with one attached hydrogen (secondary N) is 1. The molecule has 1 aromatic heterocycles. The van der Waals surface area contributed by atoms with Gasteiger partial charge in [0.25, 0.3) is 0 Å². The first-order chi connectivity index (χ1) is 12.1. The molecule has 5 rings (SSSR count). The molecule has 0 aliphatic heterocycles. The van der Waals surface area contributed by atoms with Crippen LogP contribution in [0.3, 0.4) is 0 Å². The molecule has 2 heteroatoms. The Labute approximate surface area is 156 Å². The van der Waals surface area contributed by atoms with Crippen molar-refractivity contribution in [3.8, 4) is 0 Å². The number of aromatic amines is 1. The van der Waals surface area contributed by atoms with Crippen molar-refractivity contribution in [3.05, 3.63) is 35.0 Å². The Balaban J connectivity index is 1.94. The SMILES string of the molecule is CC1(C)CC(=O)[C@@H]2[C@@H]3c4c1[nH]c1cccc(c41)C(C)(C)[C@H]3CCC2(C)C. The minimum absolute atomic E-state index is 0.0852. The quantitative estimate of drug-likeness (QED) is 0.636. The maximum atomic E-state index is 13.5. The standard InChI is InChI=1S/C24H31NO/c1-22(2)11-10-14-18-19-17-13(24(14,5)6)8-7-9-15(17)25-21(19)23(3,4)12-16(26)20(18)22/h7-9,14,18,20,25H,10-12H2,1-6H3/t14-,18-,20+/m0/s1. The third-order valence-electron chi connectivity index (χ3n) is 8.19. The molecule has 0 amide bonds. The van der Waals surface area contributed by atoms with Crippen molar-refractivity contribution < 1.29 is 4.79 Å². The summed E-state index contributed by atoms with van der Waals surface area (Å²) in [5, 5.41) is 1.43. The third kappa shape index (κ3) is 1.81. The number of benzene rings is 1.